The molecule has 6 nitrogen and oxygen atoms in total. The number of hydrogen-bond donors (Lipinski definition) is 2. The standard InChI is InChI=1S/C14H12ClN5OS/c1-8-4-12(17)20-14(18-8)22-7-13(21)19-11-5-10(15)3-2-9(11)6-16/h2-5H,7H2,1H3,(H,19,21)(H2,17,18,20). The summed E-state index contributed by atoms with van der Waals surface area (Å²) in [5, 5.41) is 12.5. The number of amides is 1. The monoisotopic (exact) mass is 333 g/mol. The van der Waals surface area contributed by atoms with Crippen molar-refractivity contribution < 1.29 is 4.79 Å². The summed E-state index contributed by atoms with van der Waals surface area (Å²) in [7, 11) is 0. The van der Waals surface area contributed by atoms with Crippen molar-refractivity contribution in [3.8, 4) is 6.07 Å². The maximum absolute atomic E-state index is 12.0. The second-order valence-electron chi connectivity index (χ2n) is 4.36. The molecule has 0 unspecified atom stereocenters. The van der Waals surface area contributed by atoms with Crippen molar-refractivity contribution in [2.24, 2.45) is 0 Å². The summed E-state index contributed by atoms with van der Waals surface area (Å²) < 4.78 is 0. The van der Waals surface area contributed by atoms with Crippen LogP contribution in [0.4, 0.5) is 11.5 Å². The van der Waals surface area contributed by atoms with E-state index >= 15 is 0 Å². The van der Waals surface area contributed by atoms with Gasteiger partial charge in [-0.3, -0.25) is 4.79 Å². The highest BCUT2D eigenvalue weighted by molar-refractivity contribution is 7.99. The minimum Gasteiger partial charge on any atom is -0.384 e. The van der Waals surface area contributed by atoms with Crippen LogP contribution in [0.2, 0.25) is 5.02 Å². The van der Waals surface area contributed by atoms with E-state index in [1.165, 1.54) is 6.07 Å². The van der Waals surface area contributed by atoms with Crippen LogP contribution in [-0.4, -0.2) is 21.6 Å². The fraction of sp³-hybridized carbons (Fsp3) is 0.143. The molecule has 2 rings (SSSR count). The van der Waals surface area contributed by atoms with Crippen molar-refractivity contribution in [2.75, 3.05) is 16.8 Å². The Morgan fingerprint density at radius 2 is 2.23 bits per heavy atom. The zero-order valence-electron chi connectivity index (χ0n) is 11.6. The Morgan fingerprint density at radius 3 is 2.91 bits per heavy atom. The molecule has 0 bridgehead atoms. The zero-order valence-corrected chi connectivity index (χ0v) is 13.2. The van der Waals surface area contributed by atoms with Crippen LogP contribution in [0.25, 0.3) is 0 Å². The van der Waals surface area contributed by atoms with E-state index in [-0.39, 0.29) is 11.7 Å². The Morgan fingerprint density at radius 1 is 1.45 bits per heavy atom. The van der Waals surface area contributed by atoms with Gasteiger partial charge in [-0.05, 0) is 25.1 Å². The number of anilines is 2. The largest absolute Gasteiger partial charge is 0.384 e. The number of carbonyl (C=O) groups excluding carboxylic acids is 1. The molecule has 0 fully saturated rings. The molecule has 0 aliphatic heterocycles. The highest BCUT2D eigenvalue weighted by atomic mass is 35.5. The van der Waals surface area contributed by atoms with Crippen molar-refractivity contribution in [3.05, 3.63) is 40.5 Å². The van der Waals surface area contributed by atoms with Crippen molar-refractivity contribution in [3.63, 3.8) is 0 Å². The van der Waals surface area contributed by atoms with Crippen molar-refractivity contribution >= 4 is 40.8 Å². The van der Waals surface area contributed by atoms with Crippen LogP contribution in [0, 0.1) is 18.3 Å². The Bertz CT molecular complexity index is 739. The lowest BCUT2D eigenvalue weighted by molar-refractivity contribution is -0.113. The Labute approximate surface area is 136 Å². The first-order valence-electron chi connectivity index (χ1n) is 6.21. The van der Waals surface area contributed by atoms with E-state index in [1.807, 2.05) is 6.07 Å². The summed E-state index contributed by atoms with van der Waals surface area (Å²) in [4.78, 5) is 20.2. The molecule has 0 radical (unpaired) electrons. The summed E-state index contributed by atoms with van der Waals surface area (Å²) >= 11 is 7.03. The minimum atomic E-state index is -0.285. The van der Waals surface area contributed by atoms with E-state index in [9.17, 15) is 4.79 Å². The van der Waals surface area contributed by atoms with Gasteiger partial charge < -0.3 is 11.1 Å². The lowest BCUT2D eigenvalue weighted by Gasteiger charge is -2.07. The van der Waals surface area contributed by atoms with E-state index in [2.05, 4.69) is 15.3 Å². The lowest BCUT2D eigenvalue weighted by Crippen LogP contribution is -2.15. The van der Waals surface area contributed by atoms with Crippen LogP contribution in [-0.2, 0) is 4.79 Å². The normalized spacial score (nSPS) is 10.0. The van der Waals surface area contributed by atoms with E-state index < -0.39 is 0 Å². The molecule has 0 aliphatic carbocycles. The van der Waals surface area contributed by atoms with Crippen LogP contribution in [0.5, 0.6) is 0 Å². The predicted molar refractivity (Wildman–Crippen MR) is 86.7 cm³/mol. The van der Waals surface area contributed by atoms with Gasteiger partial charge >= 0.3 is 0 Å². The minimum absolute atomic E-state index is 0.0975. The summed E-state index contributed by atoms with van der Waals surface area (Å²) in [5.74, 6) is 0.171. The molecular formula is C14H12ClN5OS. The van der Waals surface area contributed by atoms with Crippen molar-refractivity contribution in [1.82, 2.24) is 9.97 Å². The number of benzene rings is 1. The third-order valence-corrected chi connectivity index (χ3v) is 3.64. The van der Waals surface area contributed by atoms with Crippen molar-refractivity contribution in [2.45, 2.75) is 12.1 Å². The van der Waals surface area contributed by atoms with E-state index in [1.54, 1.807) is 25.1 Å². The first kappa shape index (κ1) is 16.1. The molecule has 2 aromatic rings. The summed E-state index contributed by atoms with van der Waals surface area (Å²) in [6.45, 7) is 1.80. The smallest absolute Gasteiger partial charge is 0.234 e. The number of rotatable bonds is 4. The number of halogens is 1. The highest BCUT2D eigenvalue weighted by Gasteiger charge is 2.10. The molecule has 1 heterocycles. The number of nitriles is 1. The van der Waals surface area contributed by atoms with Gasteiger partial charge in [0.15, 0.2) is 5.16 Å². The molecule has 0 aliphatic rings. The molecule has 1 aromatic carbocycles. The zero-order chi connectivity index (χ0) is 16.1. The number of carbonyl (C=O) groups is 1. The van der Waals surface area contributed by atoms with Crippen LogP contribution in [0.15, 0.2) is 29.4 Å². The number of aryl methyl sites for hydroxylation is 1. The molecule has 22 heavy (non-hydrogen) atoms. The topological polar surface area (TPSA) is 105 Å². The second-order valence-corrected chi connectivity index (χ2v) is 5.73. The summed E-state index contributed by atoms with van der Waals surface area (Å²) in [6, 6.07) is 8.32. The predicted octanol–water partition coefficient (Wildman–Crippen LogP) is 2.62. The maximum Gasteiger partial charge on any atom is 0.234 e. The lowest BCUT2D eigenvalue weighted by atomic mass is 10.2. The van der Waals surface area contributed by atoms with Crippen LogP contribution < -0.4 is 11.1 Å². The van der Waals surface area contributed by atoms with E-state index in [0.717, 1.165) is 17.5 Å². The first-order valence-corrected chi connectivity index (χ1v) is 7.58. The molecule has 112 valence electrons. The van der Waals surface area contributed by atoms with Gasteiger partial charge in [0.05, 0.1) is 17.0 Å². The fourth-order valence-electron chi connectivity index (χ4n) is 1.66. The number of nitrogens with two attached hydrogens (primary N) is 1. The Balaban J connectivity index is 2.02. The molecule has 3 N–H and O–H groups in total. The number of nitrogens with zero attached hydrogens (tertiary/aromatic N) is 3. The third-order valence-electron chi connectivity index (χ3n) is 2.56. The fourth-order valence-corrected chi connectivity index (χ4v) is 2.55. The number of thioether (sulfide) groups is 1. The number of aromatic nitrogens is 2. The van der Waals surface area contributed by atoms with Gasteiger partial charge in [0, 0.05) is 16.8 Å². The quantitative estimate of drug-likeness (QED) is 0.658. The highest BCUT2D eigenvalue weighted by Crippen LogP contribution is 2.21. The van der Waals surface area contributed by atoms with E-state index in [4.69, 9.17) is 22.6 Å². The van der Waals surface area contributed by atoms with Gasteiger partial charge in [0.2, 0.25) is 5.91 Å². The van der Waals surface area contributed by atoms with Gasteiger partial charge in [-0.2, -0.15) is 5.26 Å². The van der Waals surface area contributed by atoms with Crippen molar-refractivity contribution in [1.29, 1.82) is 5.26 Å². The molecular weight excluding hydrogens is 322 g/mol. The third kappa shape index (κ3) is 4.35. The Kier molecular flexibility index (Phi) is 5.20. The SMILES string of the molecule is Cc1cc(N)nc(SCC(=O)Nc2cc(Cl)ccc2C#N)n1. The summed E-state index contributed by atoms with van der Waals surface area (Å²) in [6.07, 6.45) is 0. The van der Waals surface area contributed by atoms with Gasteiger partial charge in [0.1, 0.15) is 11.9 Å². The molecule has 1 aromatic heterocycles. The first-order chi connectivity index (χ1) is 10.5. The Hall–Kier alpha value is -2.30. The van der Waals surface area contributed by atoms with Gasteiger partial charge in [-0.25, -0.2) is 9.97 Å². The van der Waals surface area contributed by atoms with Gasteiger partial charge in [0.25, 0.3) is 0 Å². The number of nitrogens with one attached hydrogen (secondary N) is 1. The summed E-state index contributed by atoms with van der Waals surface area (Å²) in [5.41, 5.74) is 7.09. The van der Waals surface area contributed by atoms with Gasteiger partial charge in [-0.1, -0.05) is 23.4 Å². The molecule has 1 amide bonds. The molecule has 0 saturated heterocycles. The molecule has 8 heteroatoms. The van der Waals surface area contributed by atoms with Crippen LogP contribution in [0.3, 0.4) is 0 Å². The molecule has 0 spiro atoms. The number of hydrogen-bond acceptors (Lipinski definition) is 6. The molecule has 0 atom stereocenters. The number of nitrogen functional groups attached to an aromatic ring is 1. The van der Waals surface area contributed by atoms with Crippen LogP contribution in [0.1, 0.15) is 11.3 Å². The average molecular weight is 334 g/mol. The van der Waals surface area contributed by atoms with Crippen LogP contribution >= 0.6 is 23.4 Å². The van der Waals surface area contributed by atoms with E-state index in [0.29, 0.717) is 27.2 Å². The maximum atomic E-state index is 12.0. The second kappa shape index (κ2) is 7.11. The molecule has 0 saturated carbocycles. The average Bonchev–Trinajstić information content (AvgIpc) is 2.44. The van der Waals surface area contributed by atoms with Gasteiger partial charge in [-0.15, -0.1) is 0 Å².